The maximum atomic E-state index is 6.33. The summed E-state index contributed by atoms with van der Waals surface area (Å²) < 4.78 is 5.17. The van der Waals surface area contributed by atoms with E-state index in [0.29, 0.717) is 16.5 Å². The fourth-order valence-electron chi connectivity index (χ4n) is 3.07. The van der Waals surface area contributed by atoms with Gasteiger partial charge in [-0.15, -0.1) is 0 Å². The van der Waals surface area contributed by atoms with Crippen molar-refractivity contribution in [1.29, 1.82) is 0 Å². The maximum absolute atomic E-state index is 6.33. The van der Waals surface area contributed by atoms with E-state index in [1.54, 1.807) is 19.5 Å². The van der Waals surface area contributed by atoms with E-state index in [1.807, 2.05) is 18.2 Å². The molecule has 7 nitrogen and oxygen atoms in total. The highest BCUT2D eigenvalue weighted by atomic mass is 35.5. The van der Waals surface area contributed by atoms with Gasteiger partial charge in [0, 0.05) is 29.7 Å². The highest BCUT2D eigenvalue weighted by molar-refractivity contribution is 7.99. The number of fused-ring (bicyclic) bond motifs is 1. The fraction of sp³-hybridized carbons (Fsp3) is 0.368. The molecule has 3 aromatic rings. The number of aromatic nitrogens is 4. The summed E-state index contributed by atoms with van der Waals surface area (Å²) >= 11 is 7.76. The second-order valence-corrected chi connectivity index (χ2v) is 8.54. The molecule has 2 N–H and O–H groups in total. The zero-order valence-corrected chi connectivity index (χ0v) is 17.3. The van der Waals surface area contributed by atoms with Crippen LogP contribution in [-0.4, -0.2) is 45.7 Å². The predicted octanol–water partition coefficient (Wildman–Crippen LogP) is 3.55. The van der Waals surface area contributed by atoms with Crippen molar-refractivity contribution in [3.05, 3.63) is 35.6 Å². The van der Waals surface area contributed by atoms with E-state index in [4.69, 9.17) is 27.1 Å². The molecule has 0 unspecified atom stereocenters. The molecular weight excluding hydrogens is 396 g/mol. The third kappa shape index (κ3) is 3.99. The van der Waals surface area contributed by atoms with Crippen LogP contribution in [0.4, 0.5) is 5.82 Å². The molecule has 0 radical (unpaired) electrons. The highest BCUT2D eigenvalue weighted by Crippen LogP contribution is 2.36. The summed E-state index contributed by atoms with van der Waals surface area (Å²) in [5.74, 6) is 1.26. The largest absolute Gasteiger partial charge is 0.480 e. The first kappa shape index (κ1) is 19.2. The van der Waals surface area contributed by atoms with Gasteiger partial charge in [-0.3, -0.25) is 0 Å². The van der Waals surface area contributed by atoms with E-state index < -0.39 is 0 Å². The van der Waals surface area contributed by atoms with E-state index in [-0.39, 0.29) is 5.54 Å². The second-order valence-electron chi connectivity index (χ2n) is 7.10. The van der Waals surface area contributed by atoms with E-state index >= 15 is 0 Å². The van der Waals surface area contributed by atoms with Crippen LogP contribution >= 0.6 is 23.4 Å². The van der Waals surface area contributed by atoms with Gasteiger partial charge in [-0.05, 0) is 38.0 Å². The van der Waals surface area contributed by atoms with Crippen LogP contribution in [-0.2, 0) is 0 Å². The van der Waals surface area contributed by atoms with Gasteiger partial charge in [-0.2, -0.15) is 0 Å². The smallest absolute Gasteiger partial charge is 0.233 e. The van der Waals surface area contributed by atoms with Crippen molar-refractivity contribution >= 4 is 40.3 Å². The number of methoxy groups -OCH3 is 1. The van der Waals surface area contributed by atoms with E-state index in [1.165, 1.54) is 11.8 Å². The third-order valence-electron chi connectivity index (χ3n) is 4.83. The number of pyridine rings is 2. The Bertz CT molecular complexity index is 1000. The first-order chi connectivity index (χ1) is 13.4. The minimum Gasteiger partial charge on any atom is -0.480 e. The molecule has 0 aromatic carbocycles. The number of rotatable bonds is 4. The van der Waals surface area contributed by atoms with Crippen LogP contribution in [0.2, 0.25) is 5.02 Å². The van der Waals surface area contributed by atoms with Gasteiger partial charge in [0.1, 0.15) is 21.4 Å². The lowest BCUT2D eigenvalue weighted by Crippen LogP contribution is -2.48. The summed E-state index contributed by atoms with van der Waals surface area (Å²) in [6.45, 7) is 3.87. The second kappa shape index (κ2) is 7.69. The number of hydrogen-bond acceptors (Lipinski definition) is 8. The molecule has 146 valence electrons. The van der Waals surface area contributed by atoms with Crippen molar-refractivity contribution in [2.45, 2.75) is 35.2 Å². The normalized spacial score (nSPS) is 16.4. The van der Waals surface area contributed by atoms with Crippen LogP contribution in [0.5, 0.6) is 5.88 Å². The number of nitrogens with two attached hydrogens (primary N) is 1. The summed E-state index contributed by atoms with van der Waals surface area (Å²) in [5.41, 5.74) is 7.50. The molecule has 0 amide bonds. The molecule has 1 aliphatic heterocycles. The van der Waals surface area contributed by atoms with Crippen molar-refractivity contribution in [2.24, 2.45) is 5.73 Å². The molecule has 3 aromatic heterocycles. The Labute approximate surface area is 172 Å². The molecule has 4 heterocycles. The standard InChI is InChI=1S/C19H21ClN6OS/c1-19(21)6-9-26(10-7-19)14-11-23-17-12(24-14)3-4-15(25-17)28-13-5-8-22-18(27-2)16(13)20/h3-5,8,11H,6-7,9-10,21H2,1-2H3. The molecule has 0 spiro atoms. The van der Waals surface area contributed by atoms with Crippen LogP contribution in [0, 0.1) is 0 Å². The molecule has 0 bridgehead atoms. The number of hydrogen-bond donors (Lipinski definition) is 1. The molecule has 9 heteroatoms. The molecule has 1 fully saturated rings. The zero-order chi connectivity index (χ0) is 19.7. The van der Waals surface area contributed by atoms with Gasteiger partial charge < -0.3 is 15.4 Å². The summed E-state index contributed by atoms with van der Waals surface area (Å²) in [7, 11) is 1.54. The van der Waals surface area contributed by atoms with Gasteiger partial charge in [0.25, 0.3) is 0 Å². The number of ether oxygens (including phenoxy) is 1. The van der Waals surface area contributed by atoms with Crippen molar-refractivity contribution < 1.29 is 4.74 Å². The highest BCUT2D eigenvalue weighted by Gasteiger charge is 2.26. The lowest BCUT2D eigenvalue weighted by atomic mass is 9.91. The van der Waals surface area contributed by atoms with E-state index in [2.05, 4.69) is 26.8 Å². The molecular formula is C19H21ClN6OS. The molecule has 4 rings (SSSR count). The molecule has 0 saturated carbocycles. The van der Waals surface area contributed by atoms with Crippen LogP contribution in [0.15, 0.2) is 40.5 Å². The van der Waals surface area contributed by atoms with Gasteiger partial charge in [0.2, 0.25) is 5.88 Å². The molecule has 1 aliphatic rings. The van der Waals surface area contributed by atoms with Crippen molar-refractivity contribution in [2.75, 3.05) is 25.1 Å². The average molecular weight is 417 g/mol. The van der Waals surface area contributed by atoms with Crippen LogP contribution < -0.4 is 15.4 Å². The van der Waals surface area contributed by atoms with Crippen molar-refractivity contribution in [3.8, 4) is 5.88 Å². The minimum absolute atomic E-state index is 0.0919. The SMILES string of the molecule is COc1nccc(Sc2ccc3nc(N4CCC(C)(N)CC4)cnc3n2)c1Cl. The average Bonchev–Trinajstić information content (AvgIpc) is 2.69. The van der Waals surface area contributed by atoms with Crippen LogP contribution in [0.25, 0.3) is 11.2 Å². The fourth-order valence-corrected chi connectivity index (χ4v) is 4.18. The number of halogens is 1. The third-order valence-corrected chi connectivity index (χ3v) is 6.30. The first-order valence-corrected chi connectivity index (χ1v) is 10.2. The summed E-state index contributed by atoms with van der Waals surface area (Å²) in [4.78, 5) is 21.0. The van der Waals surface area contributed by atoms with Gasteiger partial charge in [0.15, 0.2) is 5.65 Å². The Morgan fingerprint density at radius 1 is 1.18 bits per heavy atom. The molecule has 28 heavy (non-hydrogen) atoms. The minimum atomic E-state index is -0.0919. The van der Waals surface area contributed by atoms with Crippen molar-refractivity contribution in [3.63, 3.8) is 0 Å². The summed E-state index contributed by atoms with van der Waals surface area (Å²) in [6, 6.07) is 5.68. The first-order valence-electron chi connectivity index (χ1n) is 8.99. The molecule has 1 saturated heterocycles. The van der Waals surface area contributed by atoms with Gasteiger partial charge in [-0.1, -0.05) is 23.4 Å². The van der Waals surface area contributed by atoms with E-state index in [0.717, 1.165) is 47.2 Å². The van der Waals surface area contributed by atoms with E-state index in [9.17, 15) is 0 Å². The summed E-state index contributed by atoms with van der Waals surface area (Å²) in [5, 5.41) is 1.25. The topological polar surface area (TPSA) is 90.1 Å². The lowest BCUT2D eigenvalue weighted by molar-refractivity contribution is 0.363. The number of piperidine rings is 1. The Kier molecular flexibility index (Phi) is 5.27. The monoisotopic (exact) mass is 416 g/mol. The number of nitrogens with zero attached hydrogens (tertiary/aromatic N) is 5. The maximum Gasteiger partial charge on any atom is 0.233 e. The number of anilines is 1. The van der Waals surface area contributed by atoms with Crippen LogP contribution in [0.3, 0.4) is 0 Å². The molecule has 0 atom stereocenters. The Morgan fingerprint density at radius 3 is 2.71 bits per heavy atom. The summed E-state index contributed by atoms with van der Waals surface area (Å²) in [6.07, 6.45) is 5.32. The van der Waals surface area contributed by atoms with Gasteiger partial charge in [-0.25, -0.2) is 19.9 Å². The van der Waals surface area contributed by atoms with Gasteiger partial charge >= 0.3 is 0 Å². The Morgan fingerprint density at radius 2 is 1.96 bits per heavy atom. The molecule has 0 aliphatic carbocycles. The van der Waals surface area contributed by atoms with Gasteiger partial charge in [0.05, 0.1) is 13.3 Å². The quantitative estimate of drug-likeness (QED) is 0.690. The van der Waals surface area contributed by atoms with Crippen LogP contribution in [0.1, 0.15) is 19.8 Å². The zero-order valence-electron chi connectivity index (χ0n) is 15.7. The Hall–Kier alpha value is -2.16. The predicted molar refractivity (Wildman–Crippen MR) is 111 cm³/mol. The van der Waals surface area contributed by atoms with Crippen molar-refractivity contribution in [1.82, 2.24) is 19.9 Å². The Balaban J connectivity index is 1.56. The lowest BCUT2D eigenvalue weighted by Gasteiger charge is -2.37.